The predicted molar refractivity (Wildman–Crippen MR) is 175 cm³/mol. The molecule has 2 N–H and O–H groups in total. The molecule has 1 atom stereocenters. The maximum atomic E-state index is 13.7. The lowest BCUT2D eigenvalue weighted by Crippen LogP contribution is -2.43. The van der Waals surface area contributed by atoms with E-state index in [-0.39, 0.29) is 45.7 Å². The Morgan fingerprint density at radius 3 is 2.42 bits per heavy atom. The number of amides is 1. The van der Waals surface area contributed by atoms with E-state index in [1.165, 1.54) is 42.5 Å². The lowest BCUT2D eigenvalue weighted by molar-refractivity contribution is -0.149. The van der Waals surface area contributed by atoms with Gasteiger partial charge >= 0.3 is 6.18 Å². The number of carbonyl (C=O) groups is 1. The van der Waals surface area contributed by atoms with E-state index in [1.807, 2.05) is 5.32 Å². The maximum absolute atomic E-state index is 13.7. The molecule has 2 heterocycles. The number of alkyl halides is 3. The van der Waals surface area contributed by atoms with E-state index in [9.17, 15) is 35.6 Å². The minimum absolute atomic E-state index is 0.0123. The van der Waals surface area contributed by atoms with E-state index < -0.39 is 39.5 Å². The number of furan rings is 1. The summed E-state index contributed by atoms with van der Waals surface area (Å²) in [6.45, 7) is 2.46. The summed E-state index contributed by atoms with van der Waals surface area (Å²) in [6, 6.07) is 17.1. The summed E-state index contributed by atoms with van der Waals surface area (Å²) in [5, 5.41) is 2.93. The van der Waals surface area contributed by atoms with Crippen LogP contribution in [0.5, 0.6) is 11.5 Å². The minimum atomic E-state index is -4.65. The summed E-state index contributed by atoms with van der Waals surface area (Å²) in [5.41, 5.74) is 0.911. The Morgan fingerprint density at radius 2 is 1.73 bits per heavy atom. The van der Waals surface area contributed by atoms with Gasteiger partial charge in [-0.15, -0.1) is 0 Å². The number of hydrogen-bond acceptors (Lipinski definition) is 6. The number of nitrogens with zero attached hydrogens (tertiary/aromatic N) is 1. The fourth-order valence-corrected chi connectivity index (χ4v) is 6.48. The van der Waals surface area contributed by atoms with Crippen molar-refractivity contribution in [3.63, 3.8) is 0 Å². The van der Waals surface area contributed by atoms with Crippen molar-refractivity contribution in [1.29, 1.82) is 0 Å². The molecule has 0 spiro atoms. The third-order valence-corrected chi connectivity index (χ3v) is 9.04. The van der Waals surface area contributed by atoms with Gasteiger partial charge in [0.25, 0.3) is 11.5 Å². The van der Waals surface area contributed by atoms with Gasteiger partial charge in [-0.2, -0.15) is 13.2 Å². The number of aromatic nitrogens is 1. The van der Waals surface area contributed by atoms with Gasteiger partial charge in [0.15, 0.2) is 0 Å². The van der Waals surface area contributed by atoms with Gasteiger partial charge in [-0.25, -0.2) is 12.8 Å². The normalized spacial score (nSPS) is 12.8. The topological polar surface area (TPSA) is 122 Å². The fraction of sp³-hybridized carbons (Fsp3) is 0.176. The molecule has 0 saturated carbocycles. The molecule has 0 fully saturated rings. The molecule has 2 aromatic heterocycles. The number of anilines is 1. The molecular formula is C34H27F4N3O6S. The minimum Gasteiger partial charge on any atom is -0.457 e. The predicted octanol–water partition coefficient (Wildman–Crippen LogP) is 7.49. The first kappa shape index (κ1) is 32.6. The van der Waals surface area contributed by atoms with E-state index in [0.717, 1.165) is 17.5 Å². The average molecular weight is 682 g/mol. The van der Waals surface area contributed by atoms with Crippen molar-refractivity contribution >= 4 is 54.5 Å². The van der Waals surface area contributed by atoms with Crippen LogP contribution in [0.3, 0.4) is 0 Å². The molecule has 1 unspecified atom stereocenters. The van der Waals surface area contributed by atoms with Gasteiger partial charge in [0.2, 0.25) is 10.0 Å². The van der Waals surface area contributed by atoms with Gasteiger partial charge in [-0.05, 0) is 61.9 Å². The van der Waals surface area contributed by atoms with E-state index in [2.05, 4.69) is 4.98 Å². The van der Waals surface area contributed by atoms with E-state index in [1.54, 1.807) is 43.3 Å². The molecule has 0 aliphatic carbocycles. The van der Waals surface area contributed by atoms with Crippen LogP contribution in [0.2, 0.25) is 0 Å². The highest BCUT2D eigenvalue weighted by Gasteiger charge is 2.37. The third kappa shape index (κ3) is 6.18. The fourth-order valence-electron chi connectivity index (χ4n) is 5.50. The number of H-pyrrole nitrogens is 1. The van der Waals surface area contributed by atoms with E-state index in [4.69, 9.17) is 9.15 Å². The number of benzene rings is 4. The summed E-state index contributed by atoms with van der Waals surface area (Å²) < 4.78 is 91.9. The Labute approximate surface area is 270 Å². The molecule has 1 amide bonds. The van der Waals surface area contributed by atoms with Crippen molar-refractivity contribution in [2.24, 2.45) is 0 Å². The van der Waals surface area contributed by atoms with Gasteiger partial charge in [-0.1, -0.05) is 18.2 Å². The molecule has 14 heteroatoms. The Bertz CT molecular complexity index is 2400. The molecule has 6 aromatic rings. The SMILES string of the molecule is CCN(c1cc2oc3c4ccc(Oc5cccc(F)c5)cc4[nH]c(=O)c3c2cc1-c1cccc(C(=O)NC(C)C(F)(F)F)c1)S(C)(=O)=O. The van der Waals surface area contributed by atoms with Crippen molar-refractivity contribution in [3.05, 3.63) is 101 Å². The van der Waals surface area contributed by atoms with Gasteiger partial charge in [0.1, 0.15) is 34.5 Å². The van der Waals surface area contributed by atoms with Crippen molar-refractivity contribution in [3.8, 4) is 22.6 Å². The summed E-state index contributed by atoms with van der Waals surface area (Å²) in [4.78, 5) is 29.1. The molecule has 0 aliphatic rings. The highest BCUT2D eigenvalue weighted by Crippen LogP contribution is 2.41. The molecule has 0 bridgehead atoms. The van der Waals surface area contributed by atoms with Crippen molar-refractivity contribution in [2.45, 2.75) is 26.1 Å². The summed E-state index contributed by atoms with van der Waals surface area (Å²) in [5.74, 6) is -0.876. The third-order valence-electron chi connectivity index (χ3n) is 7.78. The second-order valence-electron chi connectivity index (χ2n) is 11.1. The van der Waals surface area contributed by atoms with Gasteiger partial charge in [0, 0.05) is 46.6 Å². The number of hydrogen-bond donors (Lipinski definition) is 2. The van der Waals surface area contributed by atoms with Crippen LogP contribution in [0, 0.1) is 5.82 Å². The Kier molecular flexibility index (Phi) is 8.15. The monoisotopic (exact) mass is 681 g/mol. The highest BCUT2D eigenvalue weighted by atomic mass is 32.2. The van der Waals surface area contributed by atoms with E-state index >= 15 is 0 Å². The first-order valence-corrected chi connectivity index (χ1v) is 16.4. The molecule has 6 rings (SSSR count). The van der Waals surface area contributed by atoms with Gasteiger partial charge in [0.05, 0.1) is 22.8 Å². The van der Waals surface area contributed by atoms with Crippen molar-refractivity contribution < 1.29 is 39.9 Å². The van der Waals surface area contributed by atoms with Crippen molar-refractivity contribution in [1.82, 2.24) is 10.3 Å². The largest absolute Gasteiger partial charge is 0.457 e. The molecule has 0 saturated heterocycles. The summed E-state index contributed by atoms with van der Waals surface area (Å²) in [7, 11) is -3.85. The second kappa shape index (κ2) is 12.0. The molecule has 4 aromatic carbocycles. The van der Waals surface area contributed by atoms with Crippen LogP contribution in [0.4, 0.5) is 23.2 Å². The zero-order valence-electron chi connectivity index (χ0n) is 25.6. The average Bonchev–Trinajstić information content (AvgIpc) is 3.39. The number of aromatic amines is 1. The number of carbonyl (C=O) groups excluding carboxylic acids is 1. The lowest BCUT2D eigenvalue weighted by atomic mass is 9.98. The second-order valence-corrected chi connectivity index (χ2v) is 13.0. The Balaban J connectivity index is 1.52. The number of nitrogens with one attached hydrogen (secondary N) is 2. The maximum Gasteiger partial charge on any atom is 0.408 e. The quantitative estimate of drug-likeness (QED) is 0.161. The molecule has 48 heavy (non-hydrogen) atoms. The van der Waals surface area contributed by atoms with Crippen LogP contribution in [0.25, 0.3) is 44.0 Å². The number of rotatable bonds is 8. The number of fused-ring (bicyclic) bond motifs is 5. The first-order chi connectivity index (χ1) is 22.6. The van der Waals surface area contributed by atoms with Crippen LogP contribution >= 0.6 is 0 Å². The Hall–Kier alpha value is -5.37. The number of halogens is 4. The Morgan fingerprint density at radius 1 is 1.00 bits per heavy atom. The lowest BCUT2D eigenvalue weighted by Gasteiger charge is -2.24. The zero-order valence-corrected chi connectivity index (χ0v) is 26.4. The summed E-state index contributed by atoms with van der Waals surface area (Å²) >= 11 is 0. The standard InChI is InChI=1S/C34H27F4N3O6S/c1-4-41(48(3,44)45)28-17-29-26(16-25(28)19-7-5-8-20(13-19)32(42)39-18(2)34(36,37)38)30-31(47-29)24-12-11-23(15-27(24)40-33(30)43)46-22-10-6-9-21(35)14-22/h5-18H,4H2,1-3H3,(H,39,42)(H,40,43). The zero-order chi connectivity index (χ0) is 34.5. The summed E-state index contributed by atoms with van der Waals surface area (Å²) in [6.07, 6.45) is -3.63. The van der Waals surface area contributed by atoms with Crippen molar-refractivity contribution in [2.75, 3.05) is 17.1 Å². The van der Waals surface area contributed by atoms with Crippen LogP contribution in [-0.4, -0.2) is 44.3 Å². The van der Waals surface area contributed by atoms with E-state index in [0.29, 0.717) is 27.6 Å². The highest BCUT2D eigenvalue weighted by molar-refractivity contribution is 7.92. The van der Waals surface area contributed by atoms with Gasteiger partial charge < -0.3 is 19.5 Å². The number of sulfonamides is 1. The van der Waals surface area contributed by atoms with Crippen LogP contribution in [-0.2, 0) is 10.0 Å². The van der Waals surface area contributed by atoms with Crippen LogP contribution < -0.4 is 19.9 Å². The molecule has 9 nitrogen and oxygen atoms in total. The molecule has 248 valence electrons. The molecule has 0 aliphatic heterocycles. The van der Waals surface area contributed by atoms with Crippen LogP contribution in [0.15, 0.2) is 88.1 Å². The van der Waals surface area contributed by atoms with Gasteiger partial charge in [-0.3, -0.25) is 13.9 Å². The smallest absolute Gasteiger partial charge is 0.408 e. The molecular weight excluding hydrogens is 654 g/mol. The molecule has 0 radical (unpaired) electrons. The first-order valence-electron chi connectivity index (χ1n) is 14.6. The number of pyridine rings is 1. The van der Waals surface area contributed by atoms with Crippen LogP contribution in [0.1, 0.15) is 24.2 Å². The number of ether oxygens (including phenoxy) is 1.